The Morgan fingerprint density at radius 1 is 1.20 bits per heavy atom. The van der Waals surface area contributed by atoms with Crippen LogP contribution in [-0.4, -0.2) is 6.61 Å². The van der Waals surface area contributed by atoms with Crippen molar-refractivity contribution in [1.29, 1.82) is 0 Å². The highest BCUT2D eigenvalue weighted by molar-refractivity contribution is 9.09. The number of hydrogen-bond acceptors (Lipinski definition) is 2. The molecule has 0 fully saturated rings. The molecule has 0 amide bonds. The van der Waals surface area contributed by atoms with Crippen LogP contribution in [-0.2, 0) is 6.42 Å². The predicted molar refractivity (Wildman–Crippen MR) is 92.1 cm³/mol. The van der Waals surface area contributed by atoms with E-state index in [0.717, 1.165) is 12.0 Å². The van der Waals surface area contributed by atoms with Gasteiger partial charge in [-0.15, -0.1) is 11.3 Å². The van der Waals surface area contributed by atoms with Gasteiger partial charge in [-0.3, -0.25) is 0 Å². The van der Waals surface area contributed by atoms with Gasteiger partial charge in [0, 0.05) is 20.8 Å². The van der Waals surface area contributed by atoms with E-state index in [4.69, 9.17) is 27.9 Å². The molecule has 2 aromatic rings. The lowest BCUT2D eigenvalue weighted by Gasteiger charge is -2.14. The molecule has 2 rings (SSSR count). The normalized spacial score (nSPS) is 12.4. The van der Waals surface area contributed by atoms with Crippen LogP contribution in [0.1, 0.15) is 34.0 Å². The molecule has 0 saturated carbocycles. The van der Waals surface area contributed by atoms with Gasteiger partial charge in [0.15, 0.2) is 0 Å². The van der Waals surface area contributed by atoms with Gasteiger partial charge in [-0.05, 0) is 37.1 Å². The van der Waals surface area contributed by atoms with Gasteiger partial charge in [0.25, 0.3) is 0 Å². The molecule has 0 spiro atoms. The monoisotopic (exact) mass is 392 g/mol. The van der Waals surface area contributed by atoms with E-state index in [1.165, 1.54) is 9.75 Å². The molecular weight excluding hydrogens is 379 g/mol. The minimum Gasteiger partial charge on any atom is -0.492 e. The molecular formula is C15H15BrCl2OS. The second-order valence-corrected chi connectivity index (χ2v) is 7.19. The lowest BCUT2D eigenvalue weighted by atomic mass is 10.1. The van der Waals surface area contributed by atoms with Gasteiger partial charge < -0.3 is 4.74 Å². The van der Waals surface area contributed by atoms with Gasteiger partial charge >= 0.3 is 0 Å². The molecule has 1 aromatic carbocycles. The number of halogens is 3. The maximum absolute atomic E-state index is 6.36. The van der Waals surface area contributed by atoms with Crippen molar-refractivity contribution >= 4 is 50.5 Å². The molecule has 1 atom stereocenters. The van der Waals surface area contributed by atoms with E-state index in [2.05, 4.69) is 35.0 Å². The summed E-state index contributed by atoms with van der Waals surface area (Å²) in [5, 5.41) is 1.24. The molecule has 1 unspecified atom stereocenters. The SMILES string of the molecule is CCOc1cc(Cl)c(C(Br)c2ccc(CC)s2)cc1Cl. The second-order valence-electron chi connectivity index (χ2n) is 4.26. The average Bonchev–Trinajstić information content (AvgIpc) is 2.91. The highest BCUT2D eigenvalue weighted by Crippen LogP contribution is 2.42. The van der Waals surface area contributed by atoms with Gasteiger partial charge in [-0.2, -0.15) is 0 Å². The van der Waals surface area contributed by atoms with Crippen LogP contribution in [0.2, 0.25) is 10.0 Å². The quantitative estimate of drug-likeness (QED) is 0.526. The fraction of sp³-hybridized carbons (Fsp3) is 0.333. The molecule has 0 bridgehead atoms. The van der Waals surface area contributed by atoms with Crippen LogP contribution >= 0.6 is 50.5 Å². The van der Waals surface area contributed by atoms with E-state index in [0.29, 0.717) is 22.4 Å². The van der Waals surface area contributed by atoms with E-state index < -0.39 is 0 Å². The number of aryl methyl sites for hydroxylation is 1. The largest absolute Gasteiger partial charge is 0.492 e. The van der Waals surface area contributed by atoms with Crippen molar-refractivity contribution in [2.45, 2.75) is 25.1 Å². The Morgan fingerprint density at radius 2 is 1.95 bits per heavy atom. The van der Waals surface area contributed by atoms with Crippen LogP contribution in [0.25, 0.3) is 0 Å². The topological polar surface area (TPSA) is 9.23 Å². The molecule has 0 aliphatic carbocycles. The summed E-state index contributed by atoms with van der Waals surface area (Å²) in [5.74, 6) is 0.628. The molecule has 0 radical (unpaired) electrons. The summed E-state index contributed by atoms with van der Waals surface area (Å²) in [5.41, 5.74) is 0.963. The standard InChI is InChI=1S/C15H15BrCl2OS/c1-3-9-5-6-14(20-9)15(16)10-7-12(18)13(19-4-2)8-11(10)17/h5-8,15H,3-4H2,1-2H3. The number of thiophene rings is 1. The summed E-state index contributed by atoms with van der Waals surface area (Å²) >= 11 is 18.1. The minimum absolute atomic E-state index is 0.0495. The Balaban J connectivity index is 2.34. The number of rotatable bonds is 5. The number of alkyl halides is 1. The molecule has 0 N–H and O–H groups in total. The fourth-order valence-electron chi connectivity index (χ4n) is 1.88. The summed E-state index contributed by atoms with van der Waals surface area (Å²) < 4.78 is 5.45. The second kappa shape index (κ2) is 7.17. The smallest absolute Gasteiger partial charge is 0.139 e. The highest BCUT2D eigenvalue weighted by Gasteiger charge is 2.18. The molecule has 1 nitrogen and oxygen atoms in total. The Hall–Kier alpha value is -0.220. The van der Waals surface area contributed by atoms with Crippen LogP contribution in [0.15, 0.2) is 24.3 Å². The Morgan fingerprint density at radius 3 is 2.55 bits per heavy atom. The van der Waals surface area contributed by atoms with Gasteiger partial charge in [0.1, 0.15) is 5.75 Å². The zero-order chi connectivity index (χ0) is 14.7. The molecule has 1 aromatic heterocycles. The molecule has 0 aliphatic heterocycles. The first-order valence-corrected chi connectivity index (χ1v) is 8.90. The fourth-order valence-corrected chi connectivity index (χ4v) is 4.26. The van der Waals surface area contributed by atoms with Crippen LogP contribution in [0, 0.1) is 0 Å². The third-order valence-electron chi connectivity index (χ3n) is 2.90. The van der Waals surface area contributed by atoms with Gasteiger partial charge in [-0.1, -0.05) is 46.1 Å². The first-order chi connectivity index (χ1) is 9.56. The summed E-state index contributed by atoms with van der Waals surface area (Å²) in [7, 11) is 0. The number of hydrogen-bond donors (Lipinski definition) is 0. The average molecular weight is 394 g/mol. The highest BCUT2D eigenvalue weighted by atomic mass is 79.9. The Labute approximate surface area is 142 Å². The van der Waals surface area contributed by atoms with Gasteiger partial charge in [0.05, 0.1) is 16.5 Å². The number of benzene rings is 1. The van der Waals surface area contributed by atoms with Crippen molar-refractivity contribution in [2.75, 3.05) is 6.61 Å². The molecule has 1 heterocycles. The third-order valence-corrected chi connectivity index (χ3v) is 6.11. The van der Waals surface area contributed by atoms with Crippen molar-refractivity contribution in [3.63, 3.8) is 0 Å². The van der Waals surface area contributed by atoms with E-state index in [-0.39, 0.29) is 4.83 Å². The number of ether oxygens (including phenoxy) is 1. The first kappa shape index (κ1) is 16.2. The van der Waals surface area contributed by atoms with Crippen molar-refractivity contribution in [3.8, 4) is 5.75 Å². The van der Waals surface area contributed by atoms with Crippen LogP contribution in [0.4, 0.5) is 0 Å². The van der Waals surface area contributed by atoms with E-state index in [1.54, 1.807) is 17.4 Å². The first-order valence-electron chi connectivity index (χ1n) is 6.41. The predicted octanol–water partition coefficient (Wildman–Crippen LogP) is 6.50. The molecule has 0 aliphatic rings. The molecule has 20 heavy (non-hydrogen) atoms. The maximum Gasteiger partial charge on any atom is 0.139 e. The van der Waals surface area contributed by atoms with Crippen LogP contribution in [0.3, 0.4) is 0 Å². The summed E-state index contributed by atoms with van der Waals surface area (Å²) in [6.45, 7) is 4.64. The van der Waals surface area contributed by atoms with Gasteiger partial charge in [0.2, 0.25) is 0 Å². The van der Waals surface area contributed by atoms with Crippen molar-refractivity contribution in [2.24, 2.45) is 0 Å². The zero-order valence-corrected chi connectivity index (χ0v) is 15.2. The lowest BCUT2D eigenvalue weighted by Crippen LogP contribution is -1.96. The van der Waals surface area contributed by atoms with Crippen LogP contribution < -0.4 is 4.74 Å². The van der Waals surface area contributed by atoms with Crippen molar-refractivity contribution < 1.29 is 4.74 Å². The summed E-state index contributed by atoms with van der Waals surface area (Å²) in [6, 6.07) is 7.94. The van der Waals surface area contributed by atoms with Crippen LogP contribution in [0.5, 0.6) is 5.75 Å². The lowest BCUT2D eigenvalue weighted by molar-refractivity contribution is 0.340. The Bertz CT molecular complexity index is 598. The molecule has 5 heteroatoms. The zero-order valence-electron chi connectivity index (χ0n) is 11.3. The summed E-state index contributed by atoms with van der Waals surface area (Å²) in [6.07, 6.45) is 1.04. The van der Waals surface area contributed by atoms with E-state index in [9.17, 15) is 0 Å². The minimum atomic E-state index is 0.0495. The Kier molecular flexibility index (Phi) is 5.79. The van der Waals surface area contributed by atoms with E-state index in [1.807, 2.05) is 13.0 Å². The van der Waals surface area contributed by atoms with Crippen molar-refractivity contribution in [3.05, 3.63) is 49.6 Å². The van der Waals surface area contributed by atoms with Gasteiger partial charge in [-0.25, -0.2) is 0 Å². The van der Waals surface area contributed by atoms with E-state index >= 15 is 0 Å². The molecule has 108 valence electrons. The molecule has 0 saturated heterocycles. The maximum atomic E-state index is 6.36. The van der Waals surface area contributed by atoms with Crippen molar-refractivity contribution in [1.82, 2.24) is 0 Å². The third kappa shape index (κ3) is 3.51. The summed E-state index contributed by atoms with van der Waals surface area (Å²) in [4.78, 5) is 2.63.